The van der Waals surface area contributed by atoms with Gasteiger partial charge in [-0.25, -0.2) is 13.4 Å². The molecule has 1 saturated heterocycles. The molecule has 0 radical (unpaired) electrons. The van der Waals surface area contributed by atoms with Crippen LogP contribution >= 0.6 is 22.0 Å². The molecule has 84 valence electrons. The van der Waals surface area contributed by atoms with Crippen LogP contribution in [0.3, 0.4) is 0 Å². The fraction of sp³-hybridized carbons (Fsp3) is 0.571. The molecule has 0 unspecified atom stereocenters. The van der Waals surface area contributed by atoms with Crippen molar-refractivity contribution in [3.8, 4) is 0 Å². The summed E-state index contributed by atoms with van der Waals surface area (Å²) >= 11 is 1.28. The van der Waals surface area contributed by atoms with Crippen LogP contribution in [0.5, 0.6) is 0 Å². The van der Waals surface area contributed by atoms with E-state index >= 15 is 0 Å². The van der Waals surface area contributed by atoms with Crippen LogP contribution in [0.15, 0.2) is 10.4 Å². The summed E-state index contributed by atoms with van der Waals surface area (Å²) in [5.41, 5.74) is 0. The summed E-state index contributed by atoms with van der Waals surface area (Å²) in [5, 5.41) is 2.06. The Balaban J connectivity index is 2.19. The highest BCUT2D eigenvalue weighted by Gasteiger charge is 2.19. The molecule has 2 heterocycles. The first kappa shape index (κ1) is 11.1. The second-order valence-electron chi connectivity index (χ2n) is 3.01. The molecule has 0 saturated carbocycles. The predicted molar refractivity (Wildman–Crippen MR) is 58.2 cm³/mol. The lowest BCUT2D eigenvalue weighted by molar-refractivity contribution is 0.122. The summed E-state index contributed by atoms with van der Waals surface area (Å²) < 4.78 is 27.2. The van der Waals surface area contributed by atoms with Crippen LogP contribution in [0.1, 0.15) is 0 Å². The summed E-state index contributed by atoms with van der Waals surface area (Å²) in [6, 6.07) is 0. The number of hydrogen-bond donors (Lipinski definition) is 0. The summed E-state index contributed by atoms with van der Waals surface area (Å²) in [6.07, 6.45) is 0. The van der Waals surface area contributed by atoms with Crippen molar-refractivity contribution >= 4 is 36.2 Å². The molecule has 1 aliphatic rings. The SMILES string of the molecule is O=S(=O)(Cl)c1csc(N2CCOCC2)n1. The third kappa shape index (κ3) is 2.60. The van der Waals surface area contributed by atoms with E-state index in [1.54, 1.807) is 0 Å². The maximum absolute atomic E-state index is 11.0. The average Bonchev–Trinajstić information content (AvgIpc) is 2.67. The van der Waals surface area contributed by atoms with Gasteiger partial charge in [-0.2, -0.15) is 0 Å². The Morgan fingerprint density at radius 1 is 1.47 bits per heavy atom. The van der Waals surface area contributed by atoms with Crippen LogP contribution in [0.2, 0.25) is 0 Å². The van der Waals surface area contributed by atoms with E-state index in [-0.39, 0.29) is 5.03 Å². The number of halogens is 1. The van der Waals surface area contributed by atoms with Gasteiger partial charge in [-0.05, 0) is 0 Å². The van der Waals surface area contributed by atoms with Crippen LogP contribution in [-0.2, 0) is 13.8 Å². The predicted octanol–water partition coefficient (Wildman–Crippen LogP) is 0.907. The number of aromatic nitrogens is 1. The molecule has 0 spiro atoms. The largest absolute Gasteiger partial charge is 0.378 e. The topological polar surface area (TPSA) is 59.5 Å². The maximum Gasteiger partial charge on any atom is 0.279 e. The van der Waals surface area contributed by atoms with Gasteiger partial charge in [0.1, 0.15) is 0 Å². The van der Waals surface area contributed by atoms with Crippen LogP contribution < -0.4 is 4.90 Å². The molecule has 2 rings (SSSR count). The van der Waals surface area contributed by atoms with E-state index in [1.165, 1.54) is 16.7 Å². The third-order valence-electron chi connectivity index (χ3n) is 2.00. The van der Waals surface area contributed by atoms with Gasteiger partial charge in [-0.3, -0.25) is 0 Å². The molecule has 0 atom stereocenters. The first-order valence-electron chi connectivity index (χ1n) is 4.30. The lowest BCUT2D eigenvalue weighted by atomic mass is 10.5. The molecule has 0 N–H and O–H groups in total. The van der Waals surface area contributed by atoms with E-state index in [2.05, 4.69) is 4.98 Å². The smallest absolute Gasteiger partial charge is 0.279 e. The van der Waals surface area contributed by atoms with Gasteiger partial charge in [-0.15, -0.1) is 11.3 Å². The molecule has 0 bridgehead atoms. The minimum Gasteiger partial charge on any atom is -0.378 e. The van der Waals surface area contributed by atoms with Gasteiger partial charge in [0, 0.05) is 29.2 Å². The Hall–Kier alpha value is -0.370. The fourth-order valence-corrected chi connectivity index (χ4v) is 3.29. The first-order chi connectivity index (χ1) is 7.07. The van der Waals surface area contributed by atoms with Gasteiger partial charge in [0.05, 0.1) is 13.2 Å². The van der Waals surface area contributed by atoms with Crippen LogP contribution in [0.25, 0.3) is 0 Å². The molecule has 0 amide bonds. The lowest BCUT2D eigenvalue weighted by Crippen LogP contribution is -2.36. The number of ether oxygens (including phenoxy) is 1. The van der Waals surface area contributed by atoms with E-state index in [9.17, 15) is 8.42 Å². The van der Waals surface area contributed by atoms with Crippen molar-refractivity contribution in [1.29, 1.82) is 0 Å². The van der Waals surface area contributed by atoms with Crippen molar-refractivity contribution in [3.63, 3.8) is 0 Å². The van der Waals surface area contributed by atoms with Gasteiger partial charge in [0.2, 0.25) is 0 Å². The van der Waals surface area contributed by atoms with Crippen LogP contribution in [0, 0.1) is 0 Å². The van der Waals surface area contributed by atoms with Crippen LogP contribution in [-0.4, -0.2) is 39.7 Å². The molecule has 1 fully saturated rings. The highest BCUT2D eigenvalue weighted by molar-refractivity contribution is 8.13. The Morgan fingerprint density at radius 2 is 2.13 bits per heavy atom. The first-order valence-corrected chi connectivity index (χ1v) is 7.49. The lowest BCUT2D eigenvalue weighted by Gasteiger charge is -2.25. The Labute approximate surface area is 96.1 Å². The van der Waals surface area contributed by atoms with Gasteiger partial charge in [-0.1, -0.05) is 0 Å². The zero-order valence-electron chi connectivity index (χ0n) is 7.72. The third-order valence-corrected chi connectivity index (χ3v) is 4.24. The minimum absolute atomic E-state index is 0.0735. The van der Waals surface area contributed by atoms with Crippen molar-refractivity contribution in [2.24, 2.45) is 0 Å². The number of rotatable bonds is 2. The normalized spacial score (nSPS) is 18.1. The summed E-state index contributed by atoms with van der Waals surface area (Å²) in [5.74, 6) is 0. The highest BCUT2D eigenvalue weighted by Crippen LogP contribution is 2.25. The second-order valence-corrected chi connectivity index (χ2v) is 6.35. The number of nitrogens with zero attached hydrogens (tertiary/aromatic N) is 2. The minimum atomic E-state index is -3.71. The van der Waals surface area contributed by atoms with Gasteiger partial charge in [0.25, 0.3) is 9.05 Å². The molecule has 1 aromatic heterocycles. The Morgan fingerprint density at radius 3 is 2.67 bits per heavy atom. The van der Waals surface area contributed by atoms with Crippen molar-refractivity contribution in [3.05, 3.63) is 5.38 Å². The van der Waals surface area contributed by atoms with Crippen molar-refractivity contribution in [2.75, 3.05) is 31.2 Å². The molecule has 0 aromatic carbocycles. The average molecular weight is 269 g/mol. The molecule has 0 aliphatic carbocycles. The van der Waals surface area contributed by atoms with E-state index in [0.717, 1.165) is 13.1 Å². The monoisotopic (exact) mass is 268 g/mol. The number of hydrogen-bond acceptors (Lipinski definition) is 6. The summed E-state index contributed by atoms with van der Waals surface area (Å²) in [4.78, 5) is 5.96. The zero-order valence-corrected chi connectivity index (χ0v) is 10.1. The summed E-state index contributed by atoms with van der Waals surface area (Å²) in [7, 11) is 1.48. The van der Waals surface area contributed by atoms with Crippen molar-refractivity contribution in [2.45, 2.75) is 5.03 Å². The molecular formula is C7H9ClN2O3S2. The maximum atomic E-state index is 11.0. The Kier molecular flexibility index (Phi) is 3.15. The van der Waals surface area contributed by atoms with E-state index in [4.69, 9.17) is 15.4 Å². The van der Waals surface area contributed by atoms with Gasteiger partial charge < -0.3 is 9.64 Å². The molecular weight excluding hydrogens is 260 g/mol. The quantitative estimate of drug-likeness (QED) is 0.746. The van der Waals surface area contributed by atoms with Gasteiger partial charge >= 0.3 is 0 Å². The standard InChI is InChI=1S/C7H9ClN2O3S2/c8-15(11,12)6-5-14-7(9-6)10-1-3-13-4-2-10/h5H,1-4H2. The molecule has 1 aliphatic heterocycles. The molecule has 5 nitrogen and oxygen atoms in total. The fourth-order valence-electron chi connectivity index (χ4n) is 1.26. The van der Waals surface area contributed by atoms with Crippen molar-refractivity contribution in [1.82, 2.24) is 4.98 Å². The Bertz CT molecular complexity index is 439. The number of anilines is 1. The van der Waals surface area contributed by atoms with E-state index in [1.807, 2.05) is 4.90 Å². The van der Waals surface area contributed by atoms with Crippen LogP contribution in [0.4, 0.5) is 5.13 Å². The van der Waals surface area contributed by atoms with Crippen molar-refractivity contribution < 1.29 is 13.2 Å². The molecule has 8 heteroatoms. The van der Waals surface area contributed by atoms with Gasteiger partial charge in [0.15, 0.2) is 10.2 Å². The highest BCUT2D eigenvalue weighted by atomic mass is 35.7. The van der Waals surface area contributed by atoms with E-state index in [0.29, 0.717) is 18.3 Å². The van der Waals surface area contributed by atoms with E-state index < -0.39 is 9.05 Å². The zero-order chi connectivity index (χ0) is 10.9. The molecule has 15 heavy (non-hydrogen) atoms. The number of morpholine rings is 1. The number of thiazole rings is 1. The molecule has 1 aromatic rings. The summed E-state index contributed by atoms with van der Waals surface area (Å²) in [6.45, 7) is 2.75. The second kappa shape index (κ2) is 4.25.